The maximum absolute atomic E-state index is 12.1. The monoisotopic (exact) mass is 285 g/mol. The summed E-state index contributed by atoms with van der Waals surface area (Å²) in [5, 5.41) is 3.02. The molecule has 4 heteroatoms. The number of nitrogens with zero attached hydrogens (tertiary/aromatic N) is 2. The van der Waals surface area contributed by atoms with Crippen molar-refractivity contribution in [2.45, 2.75) is 46.2 Å². The summed E-state index contributed by atoms with van der Waals surface area (Å²) >= 11 is 0. The van der Waals surface area contributed by atoms with Crippen LogP contribution in [0.15, 0.2) is 36.7 Å². The van der Waals surface area contributed by atoms with E-state index in [1.165, 1.54) is 0 Å². The molecule has 0 unspecified atom stereocenters. The first-order valence-electron chi connectivity index (χ1n) is 7.47. The topological polar surface area (TPSA) is 46.9 Å². The molecule has 0 saturated heterocycles. The number of hydrogen-bond donors (Lipinski definition) is 1. The number of hydrogen-bond acceptors (Lipinski definition) is 2. The summed E-state index contributed by atoms with van der Waals surface area (Å²) in [6.45, 7) is 6.92. The van der Waals surface area contributed by atoms with Crippen LogP contribution in [0.25, 0.3) is 0 Å². The largest absolute Gasteiger partial charge is 0.350 e. The highest BCUT2D eigenvalue weighted by molar-refractivity contribution is 5.94. The van der Waals surface area contributed by atoms with Crippen LogP contribution in [0, 0.1) is 6.92 Å². The molecule has 0 saturated carbocycles. The molecule has 0 aliphatic rings. The molecule has 112 valence electrons. The van der Waals surface area contributed by atoms with Gasteiger partial charge in [-0.3, -0.25) is 4.79 Å². The number of aryl methyl sites for hydroxylation is 1. The fraction of sp³-hybridized carbons (Fsp3) is 0.412. The van der Waals surface area contributed by atoms with Gasteiger partial charge in [0.2, 0.25) is 0 Å². The second kappa shape index (κ2) is 7.07. The molecule has 0 radical (unpaired) electrons. The summed E-state index contributed by atoms with van der Waals surface area (Å²) in [6.07, 6.45) is 5.84. The fourth-order valence-electron chi connectivity index (χ4n) is 2.34. The normalized spacial score (nSPS) is 12.1. The van der Waals surface area contributed by atoms with E-state index in [1.54, 1.807) is 6.20 Å². The van der Waals surface area contributed by atoms with Crippen molar-refractivity contribution in [2.24, 2.45) is 0 Å². The highest BCUT2D eigenvalue weighted by Gasteiger charge is 2.09. The predicted octanol–water partition coefficient (Wildman–Crippen LogP) is 3.16. The second-order valence-electron chi connectivity index (χ2n) is 5.46. The third kappa shape index (κ3) is 4.18. The van der Waals surface area contributed by atoms with Crippen molar-refractivity contribution in [1.82, 2.24) is 14.9 Å². The van der Waals surface area contributed by atoms with E-state index in [1.807, 2.05) is 44.3 Å². The number of benzene rings is 1. The molecule has 2 rings (SSSR count). The van der Waals surface area contributed by atoms with E-state index >= 15 is 0 Å². The van der Waals surface area contributed by atoms with E-state index in [-0.39, 0.29) is 11.9 Å². The Morgan fingerprint density at radius 1 is 1.33 bits per heavy atom. The van der Waals surface area contributed by atoms with E-state index < -0.39 is 0 Å². The minimum absolute atomic E-state index is 0.00121. The minimum atomic E-state index is 0.00121. The molecular formula is C17H23N3O. The SMILES string of the molecule is CCC[C@H](C)NC(=O)c1ccc(Cn2ccnc2C)cc1. The Balaban J connectivity index is 1.98. The zero-order valence-corrected chi connectivity index (χ0v) is 13.0. The van der Waals surface area contributed by atoms with Crippen LogP contribution in [0.2, 0.25) is 0 Å². The van der Waals surface area contributed by atoms with Crippen LogP contribution < -0.4 is 5.32 Å². The highest BCUT2D eigenvalue weighted by atomic mass is 16.1. The molecule has 21 heavy (non-hydrogen) atoms. The van der Waals surface area contributed by atoms with Crippen LogP contribution in [0.4, 0.5) is 0 Å². The number of carbonyl (C=O) groups excluding carboxylic acids is 1. The Morgan fingerprint density at radius 3 is 2.62 bits per heavy atom. The molecule has 0 aliphatic carbocycles. The summed E-state index contributed by atoms with van der Waals surface area (Å²) in [5.74, 6) is 0.992. The molecule has 1 N–H and O–H groups in total. The van der Waals surface area contributed by atoms with Crippen molar-refractivity contribution >= 4 is 5.91 Å². The fourth-order valence-corrected chi connectivity index (χ4v) is 2.34. The van der Waals surface area contributed by atoms with Gasteiger partial charge in [-0.15, -0.1) is 0 Å². The molecule has 1 amide bonds. The molecule has 2 aromatic rings. The molecule has 1 aromatic heterocycles. The summed E-state index contributed by atoms with van der Waals surface area (Å²) < 4.78 is 2.08. The number of rotatable bonds is 6. The standard InChI is InChI=1S/C17H23N3O/c1-4-5-13(2)19-17(21)16-8-6-15(7-9-16)12-20-11-10-18-14(20)3/h6-11,13H,4-5,12H2,1-3H3,(H,19,21)/t13-/m0/s1. The van der Waals surface area contributed by atoms with E-state index in [9.17, 15) is 4.79 Å². The highest BCUT2D eigenvalue weighted by Crippen LogP contribution is 2.08. The van der Waals surface area contributed by atoms with Crippen LogP contribution in [0.1, 0.15) is 48.4 Å². The lowest BCUT2D eigenvalue weighted by Crippen LogP contribution is -2.32. The van der Waals surface area contributed by atoms with Gasteiger partial charge in [-0.25, -0.2) is 4.98 Å². The van der Waals surface area contributed by atoms with Gasteiger partial charge in [0, 0.05) is 30.5 Å². The number of amides is 1. The zero-order chi connectivity index (χ0) is 15.2. The van der Waals surface area contributed by atoms with Gasteiger partial charge in [0.25, 0.3) is 5.91 Å². The summed E-state index contributed by atoms with van der Waals surface area (Å²) in [5.41, 5.74) is 1.87. The molecular weight excluding hydrogens is 262 g/mol. The van der Waals surface area contributed by atoms with Crippen molar-refractivity contribution in [3.05, 3.63) is 53.6 Å². The number of imidazole rings is 1. The van der Waals surface area contributed by atoms with Crippen LogP contribution in [0.5, 0.6) is 0 Å². The first-order chi connectivity index (χ1) is 10.1. The maximum atomic E-state index is 12.1. The van der Waals surface area contributed by atoms with Crippen LogP contribution in [-0.2, 0) is 6.54 Å². The second-order valence-corrected chi connectivity index (χ2v) is 5.46. The quantitative estimate of drug-likeness (QED) is 0.886. The maximum Gasteiger partial charge on any atom is 0.251 e. The van der Waals surface area contributed by atoms with Crippen LogP contribution >= 0.6 is 0 Å². The first-order valence-corrected chi connectivity index (χ1v) is 7.47. The van der Waals surface area contributed by atoms with Gasteiger partial charge in [0.05, 0.1) is 0 Å². The zero-order valence-electron chi connectivity index (χ0n) is 13.0. The number of aromatic nitrogens is 2. The van der Waals surface area contributed by atoms with Crippen LogP contribution in [0.3, 0.4) is 0 Å². The van der Waals surface area contributed by atoms with Crippen molar-refractivity contribution in [2.75, 3.05) is 0 Å². The van der Waals surface area contributed by atoms with Gasteiger partial charge in [-0.2, -0.15) is 0 Å². The van der Waals surface area contributed by atoms with E-state index in [0.29, 0.717) is 5.56 Å². The van der Waals surface area contributed by atoms with Crippen molar-refractivity contribution in [3.63, 3.8) is 0 Å². The molecule has 1 aromatic carbocycles. The average molecular weight is 285 g/mol. The Kier molecular flexibility index (Phi) is 5.14. The Labute approximate surface area is 126 Å². The number of carbonyl (C=O) groups is 1. The molecule has 0 aliphatic heterocycles. The Bertz CT molecular complexity index is 586. The first kappa shape index (κ1) is 15.3. The molecule has 1 atom stereocenters. The minimum Gasteiger partial charge on any atom is -0.350 e. The van der Waals surface area contributed by atoms with Crippen LogP contribution in [-0.4, -0.2) is 21.5 Å². The molecule has 0 bridgehead atoms. The molecule has 1 heterocycles. The summed E-state index contributed by atoms with van der Waals surface area (Å²) in [6, 6.07) is 7.99. The van der Waals surface area contributed by atoms with E-state index in [4.69, 9.17) is 0 Å². The predicted molar refractivity (Wildman–Crippen MR) is 84.3 cm³/mol. The lowest BCUT2D eigenvalue weighted by molar-refractivity contribution is 0.0938. The molecule has 4 nitrogen and oxygen atoms in total. The van der Waals surface area contributed by atoms with Gasteiger partial charge in [-0.1, -0.05) is 25.5 Å². The Morgan fingerprint density at radius 2 is 2.05 bits per heavy atom. The van der Waals surface area contributed by atoms with E-state index in [2.05, 4.69) is 21.8 Å². The lowest BCUT2D eigenvalue weighted by atomic mass is 10.1. The third-order valence-electron chi connectivity index (χ3n) is 3.59. The van der Waals surface area contributed by atoms with Crippen molar-refractivity contribution < 1.29 is 4.79 Å². The van der Waals surface area contributed by atoms with Gasteiger partial charge in [0.15, 0.2) is 0 Å². The lowest BCUT2D eigenvalue weighted by Gasteiger charge is -2.13. The third-order valence-corrected chi connectivity index (χ3v) is 3.59. The van der Waals surface area contributed by atoms with Gasteiger partial charge >= 0.3 is 0 Å². The van der Waals surface area contributed by atoms with Crippen molar-refractivity contribution in [3.8, 4) is 0 Å². The summed E-state index contributed by atoms with van der Waals surface area (Å²) in [4.78, 5) is 16.3. The van der Waals surface area contributed by atoms with Crippen molar-refractivity contribution in [1.29, 1.82) is 0 Å². The van der Waals surface area contributed by atoms with E-state index in [0.717, 1.165) is 30.8 Å². The van der Waals surface area contributed by atoms with Gasteiger partial charge in [0.1, 0.15) is 5.82 Å². The Hall–Kier alpha value is -2.10. The molecule has 0 fully saturated rings. The number of nitrogens with one attached hydrogen (secondary N) is 1. The summed E-state index contributed by atoms with van der Waals surface area (Å²) in [7, 11) is 0. The molecule has 0 spiro atoms. The van der Waals surface area contributed by atoms with Gasteiger partial charge < -0.3 is 9.88 Å². The average Bonchev–Trinajstić information content (AvgIpc) is 2.85. The smallest absolute Gasteiger partial charge is 0.251 e. The van der Waals surface area contributed by atoms with Gasteiger partial charge in [-0.05, 0) is 38.0 Å².